The summed E-state index contributed by atoms with van der Waals surface area (Å²) in [7, 11) is 1.76. The number of aromatic carboxylic acids is 1. The zero-order valence-electron chi connectivity index (χ0n) is 11.4. The SMILES string of the molecule is Cc1cccc(C(=O)O)c1Oc1ncnc2c1cnn2C. The molecule has 0 aliphatic rings. The number of rotatable bonds is 3. The molecule has 3 rings (SSSR count). The smallest absolute Gasteiger partial charge is 0.339 e. The molecule has 21 heavy (non-hydrogen) atoms. The van der Waals surface area contributed by atoms with Crippen LogP contribution in [0.15, 0.2) is 30.7 Å². The number of nitrogens with zero attached hydrogens (tertiary/aromatic N) is 4. The van der Waals surface area contributed by atoms with Crippen molar-refractivity contribution in [3.8, 4) is 11.6 Å². The fourth-order valence-corrected chi connectivity index (χ4v) is 2.07. The number of benzene rings is 1. The van der Waals surface area contributed by atoms with E-state index in [0.29, 0.717) is 16.6 Å². The van der Waals surface area contributed by atoms with Crippen molar-refractivity contribution in [2.24, 2.45) is 7.05 Å². The molecule has 0 aliphatic heterocycles. The Balaban J connectivity index is 2.13. The van der Waals surface area contributed by atoms with E-state index in [2.05, 4.69) is 15.1 Å². The molecule has 7 heteroatoms. The summed E-state index contributed by atoms with van der Waals surface area (Å²) in [5.74, 6) is -0.496. The molecule has 2 heterocycles. The Morgan fingerprint density at radius 3 is 2.90 bits per heavy atom. The quantitative estimate of drug-likeness (QED) is 0.792. The molecule has 0 saturated carbocycles. The number of carboxylic acid groups (broad SMARTS) is 1. The van der Waals surface area contributed by atoms with Crippen LogP contribution >= 0.6 is 0 Å². The van der Waals surface area contributed by atoms with Gasteiger partial charge in [-0.1, -0.05) is 12.1 Å². The first-order chi connectivity index (χ1) is 10.1. The van der Waals surface area contributed by atoms with E-state index in [0.717, 1.165) is 0 Å². The first kappa shape index (κ1) is 13.0. The van der Waals surface area contributed by atoms with Gasteiger partial charge in [-0.3, -0.25) is 4.68 Å². The molecule has 0 atom stereocenters. The summed E-state index contributed by atoms with van der Waals surface area (Å²) in [4.78, 5) is 19.5. The fraction of sp³-hybridized carbons (Fsp3) is 0.143. The van der Waals surface area contributed by atoms with Gasteiger partial charge in [0.25, 0.3) is 0 Å². The third-order valence-corrected chi connectivity index (χ3v) is 3.13. The van der Waals surface area contributed by atoms with E-state index >= 15 is 0 Å². The van der Waals surface area contributed by atoms with E-state index in [1.54, 1.807) is 37.0 Å². The van der Waals surface area contributed by atoms with Gasteiger partial charge in [-0.25, -0.2) is 14.8 Å². The van der Waals surface area contributed by atoms with Crippen molar-refractivity contribution in [1.29, 1.82) is 0 Å². The summed E-state index contributed by atoms with van der Waals surface area (Å²) < 4.78 is 7.34. The lowest BCUT2D eigenvalue weighted by molar-refractivity contribution is 0.0694. The highest BCUT2D eigenvalue weighted by Gasteiger charge is 2.17. The molecular formula is C14H12N4O3. The number of hydrogen-bond donors (Lipinski definition) is 1. The average Bonchev–Trinajstić information content (AvgIpc) is 2.84. The molecule has 0 amide bonds. The van der Waals surface area contributed by atoms with Gasteiger partial charge < -0.3 is 9.84 Å². The second-order valence-corrected chi connectivity index (χ2v) is 4.54. The second kappa shape index (κ2) is 4.86. The molecule has 0 unspecified atom stereocenters. The Bertz CT molecular complexity index is 841. The lowest BCUT2D eigenvalue weighted by atomic mass is 10.1. The maximum atomic E-state index is 11.3. The van der Waals surface area contributed by atoms with Crippen molar-refractivity contribution in [1.82, 2.24) is 19.7 Å². The van der Waals surface area contributed by atoms with Gasteiger partial charge in [0.1, 0.15) is 23.0 Å². The van der Waals surface area contributed by atoms with Gasteiger partial charge in [-0.2, -0.15) is 5.10 Å². The third kappa shape index (κ3) is 2.18. The fourth-order valence-electron chi connectivity index (χ4n) is 2.07. The van der Waals surface area contributed by atoms with Gasteiger partial charge in [0.05, 0.1) is 6.20 Å². The van der Waals surface area contributed by atoms with Crippen LogP contribution in [0, 0.1) is 6.92 Å². The zero-order chi connectivity index (χ0) is 15.0. The first-order valence-corrected chi connectivity index (χ1v) is 6.21. The van der Waals surface area contributed by atoms with Gasteiger partial charge in [0.2, 0.25) is 5.88 Å². The van der Waals surface area contributed by atoms with E-state index in [-0.39, 0.29) is 17.2 Å². The van der Waals surface area contributed by atoms with Crippen LogP contribution in [0.1, 0.15) is 15.9 Å². The third-order valence-electron chi connectivity index (χ3n) is 3.13. The van der Waals surface area contributed by atoms with Crippen LogP contribution in [0.2, 0.25) is 0 Å². The van der Waals surface area contributed by atoms with Crippen LogP contribution in [0.5, 0.6) is 11.6 Å². The number of aryl methyl sites for hydroxylation is 2. The summed E-state index contributed by atoms with van der Waals surface area (Å²) in [6.07, 6.45) is 2.95. The molecule has 106 valence electrons. The number of ether oxygens (including phenoxy) is 1. The van der Waals surface area contributed by atoms with Crippen LogP contribution in [-0.2, 0) is 7.05 Å². The predicted molar refractivity (Wildman–Crippen MR) is 74.5 cm³/mol. The minimum atomic E-state index is -1.05. The standard InChI is InChI=1S/C14H12N4O3/c1-8-4-3-5-9(14(19)20)11(8)21-13-10-6-17-18(2)12(10)15-7-16-13/h3-7H,1-2H3,(H,19,20). The molecule has 2 aromatic heterocycles. The average molecular weight is 284 g/mol. The minimum Gasteiger partial charge on any atom is -0.478 e. The zero-order valence-corrected chi connectivity index (χ0v) is 11.4. The van der Waals surface area contributed by atoms with Gasteiger partial charge in [0, 0.05) is 7.05 Å². The van der Waals surface area contributed by atoms with Gasteiger partial charge in [-0.15, -0.1) is 0 Å². The first-order valence-electron chi connectivity index (χ1n) is 6.21. The van der Waals surface area contributed by atoms with Gasteiger partial charge >= 0.3 is 5.97 Å². The second-order valence-electron chi connectivity index (χ2n) is 4.54. The van der Waals surface area contributed by atoms with Crippen molar-refractivity contribution < 1.29 is 14.6 Å². The number of carbonyl (C=O) groups is 1. The Labute approximate surface area is 119 Å². The lowest BCUT2D eigenvalue weighted by Gasteiger charge is -2.11. The van der Waals surface area contributed by atoms with Crippen molar-refractivity contribution in [2.45, 2.75) is 6.92 Å². The summed E-state index contributed by atoms with van der Waals surface area (Å²) in [5, 5.41) is 14.0. The molecule has 0 bridgehead atoms. The molecule has 1 aromatic carbocycles. The van der Waals surface area contributed by atoms with Crippen molar-refractivity contribution >= 4 is 17.0 Å². The topological polar surface area (TPSA) is 90.1 Å². The minimum absolute atomic E-state index is 0.0886. The van der Waals surface area contributed by atoms with Crippen molar-refractivity contribution in [2.75, 3.05) is 0 Å². The van der Waals surface area contributed by atoms with Gasteiger partial charge in [0.15, 0.2) is 5.65 Å². The maximum absolute atomic E-state index is 11.3. The number of aromatic nitrogens is 4. The summed E-state index contributed by atoms with van der Waals surface area (Å²) in [6, 6.07) is 4.95. The van der Waals surface area contributed by atoms with Crippen LogP contribution in [0.25, 0.3) is 11.0 Å². The number of fused-ring (bicyclic) bond motifs is 1. The number of para-hydroxylation sites is 1. The van der Waals surface area contributed by atoms with Crippen LogP contribution < -0.4 is 4.74 Å². The molecule has 7 nitrogen and oxygen atoms in total. The van der Waals surface area contributed by atoms with Crippen LogP contribution in [0.4, 0.5) is 0 Å². The van der Waals surface area contributed by atoms with E-state index < -0.39 is 5.97 Å². The van der Waals surface area contributed by atoms with Crippen molar-refractivity contribution in [3.63, 3.8) is 0 Å². The van der Waals surface area contributed by atoms with E-state index in [1.807, 2.05) is 0 Å². The van der Waals surface area contributed by atoms with Crippen molar-refractivity contribution in [3.05, 3.63) is 41.9 Å². The van der Waals surface area contributed by atoms with E-state index in [4.69, 9.17) is 4.74 Å². The van der Waals surface area contributed by atoms with Crippen LogP contribution in [-0.4, -0.2) is 30.8 Å². The highest BCUT2D eigenvalue weighted by Crippen LogP contribution is 2.31. The summed E-state index contributed by atoms with van der Waals surface area (Å²) in [5.41, 5.74) is 1.42. The van der Waals surface area contributed by atoms with Crippen LogP contribution in [0.3, 0.4) is 0 Å². The van der Waals surface area contributed by atoms with Gasteiger partial charge in [-0.05, 0) is 18.6 Å². The number of carboxylic acids is 1. The summed E-state index contributed by atoms with van der Waals surface area (Å²) >= 11 is 0. The number of hydrogen-bond acceptors (Lipinski definition) is 5. The molecule has 0 spiro atoms. The molecule has 1 N–H and O–H groups in total. The van der Waals surface area contributed by atoms with E-state index in [1.165, 1.54) is 12.4 Å². The molecular weight excluding hydrogens is 272 g/mol. The Morgan fingerprint density at radius 1 is 1.33 bits per heavy atom. The molecule has 3 aromatic rings. The molecule has 0 radical (unpaired) electrons. The highest BCUT2D eigenvalue weighted by molar-refractivity contribution is 5.92. The Hall–Kier alpha value is -2.96. The molecule has 0 aliphatic carbocycles. The highest BCUT2D eigenvalue weighted by atomic mass is 16.5. The summed E-state index contributed by atoms with van der Waals surface area (Å²) in [6.45, 7) is 1.78. The Morgan fingerprint density at radius 2 is 2.14 bits per heavy atom. The molecule has 0 saturated heterocycles. The van der Waals surface area contributed by atoms with E-state index in [9.17, 15) is 9.90 Å². The Kier molecular flexibility index (Phi) is 3.02. The predicted octanol–water partition coefficient (Wildman–Crippen LogP) is 2.16. The lowest BCUT2D eigenvalue weighted by Crippen LogP contribution is -2.02. The normalized spacial score (nSPS) is 10.8. The maximum Gasteiger partial charge on any atom is 0.339 e. The monoisotopic (exact) mass is 284 g/mol. The molecule has 0 fully saturated rings. The largest absolute Gasteiger partial charge is 0.478 e.